The lowest BCUT2D eigenvalue weighted by Crippen LogP contribution is -2.58. The molecule has 4 heteroatoms. The molecule has 1 fully saturated rings. The lowest BCUT2D eigenvalue weighted by atomic mass is 9.77. The Morgan fingerprint density at radius 2 is 2.06 bits per heavy atom. The Balaban J connectivity index is 2.60. The van der Waals surface area contributed by atoms with Gasteiger partial charge in [-0.3, -0.25) is 4.79 Å². The second-order valence-electron chi connectivity index (χ2n) is 6.02. The van der Waals surface area contributed by atoms with Crippen molar-refractivity contribution in [1.29, 1.82) is 0 Å². The van der Waals surface area contributed by atoms with E-state index in [4.69, 9.17) is 5.73 Å². The topological polar surface area (TPSA) is 75.4 Å². The van der Waals surface area contributed by atoms with Gasteiger partial charge < -0.3 is 16.2 Å². The first-order valence-electron chi connectivity index (χ1n) is 7.12. The van der Waals surface area contributed by atoms with E-state index in [0.717, 1.165) is 32.1 Å². The average molecular weight is 256 g/mol. The Morgan fingerprint density at radius 1 is 1.50 bits per heavy atom. The van der Waals surface area contributed by atoms with Gasteiger partial charge in [0, 0.05) is 0 Å². The fourth-order valence-electron chi connectivity index (χ4n) is 2.49. The number of hydrogen-bond donors (Lipinski definition) is 3. The summed E-state index contributed by atoms with van der Waals surface area (Å²) in [5, 5.41) is 12.6. The van der Waals surface area contributed by atoms with Gasteiger partial charge in [-0.1, -0.05) is 27.2 Å². The highest BCUT2D eigenvalue weighted by Crippen LogP contribution is 2.31. The summed E-state index contributed by atoms with van der Waals surface area (Å²) in [6.45, 7) is 6.24. The summed E-state index contributed by atoms with van der Waals surface area (Å²) in [4.78, 5) is 12.1. The van der Waals surface area contributed by atoms with Gasteiger partial charge in [-0.2, -0.15) is 0 Å². The number of aliphatic hydroxyl groups is 1. The Labute approximate surface area is 110 Å². The number of aliphatic hydroxyl groups excluding tert-OH is 1. The van der Waals surface area contributed by atoms with Gasteiger partial charge in [0.05, 0.1) is 18.2 Å². The van der Waals surface area contributed by atoms with E-state index in [2.05, 4.69) is 12.2 Å². The zero-order valence-electron chi connectivity index (χ0n) is 11.9. The first-order chi connectivity index (χ1) is 8.44. The molecular weight excluding hydrogens is 228 g/mol. The van der Waals surface area contributed by atoms with E-state index < -0.39 is 11.6 Å². The second kappa shape index (κ2) is 6.53. The maximum atomic E-state index is 12.1. The molecule has 0 heterocycles. The molecule has 2 unspecified atom stereocenters. The molecule has 0 aliphatic heterocycles. The molecule has 1 amide bonds. The Morgan fingerprint density at radius 3 is 2.50 bits per heavy atom. The van der Waals surface area contributed by atoms with Gasteiger partial charge >= 0.3 is 0 Å². The summed E-state index contributed by atoms with van der Waals surface area (Å²) in [6, 6.07) is -0.474. The first-order valence-corrected chi connectivity index (χ1v) is 7.12. The van der Waals surface area contributed by atoms with Crippen LogP contribution in [-0.4, -0.2) is 29.2 Å². The van der Waals surface area contributed by atoms with Crippen LogP contribution in [0.2, 0.25) is 0 Å². The molecular formula is C14H28N2O2. The van der Waals surface area contributed by atoms with E-state index >= 15 is 0 Å². The molecule has 0 aromatic heterocycles. The van der Waals surface area contributed by atoms with Crippen LogP contribution in [0.4, 0.5) is 0 Å². The fraction of sp³-hybridized carbons (Fsp3) is 0.929. The molecule has 0 spiro atoms. The minimum Gasteiger partial charge on any atom is -0.394 e. The van der Waals surface area contributed by atoms with Crippen molar-refractivity contribution in [2.75, 3.05) is 6.61 Å². The van der Waals surface area contributed by atoms with Crippen molar-refractivity contribution in [3.05, 3.63) is 0 Å². The second-order valence-corrected chi connectivity index (χ2v) is 6.02. The average Bonchev–Trinajstić information content (AvgIpc) is 2.39. The molecule has 0 radical (unpaired) electrons. The van der Waals surface area contributed by atoms with Crippen LogP contribution in [-0.2, 0) is 4.79 Å². The SMILES string of the molecule is CCC(C)C(N)C(=O)NC1(CO)CCC(C)CC1. The van der Waals surface area contributed by atoms with E-state index in [1.165, 1.54) is 0 Å². The van der Waals surface area contributed by atoms with Crippen LogP contribution >= 0.6 is 0 Å². The van der Waals surface area contributed by atoms with Gasteiger partial charge in [0.1, 0.15) is 0 Å². The van der Waals surface area contributed by atoms with E-state index in [1.807, 2.05) is 13.8 Å². The number of nitrogens with two attached hydrogens (primary N) is 1. The van der Waals surface area contributed by atoms with E-state index in [-0.39, 0.29) is 18.4 Å². The van der Waals surface area contributed by atoms with Gasteiger partial charge in [0.2, 0.25) is 5.91 Å². The molecule has 1 saturated carbocycles. The van der Waals surface area contributed by atoms with Gasteiger partial charge in [-0.15, -0.1) is 0 Å². The van der Waals surface area contributed by atoms with Gasteiger partial charge in [-0.25, -0.2) is 0 Å². The molecule has 4 nitrogen and oxygen atoms in total. The number of nitrogens with one attached hydrogen (secondary N) is 1. The monoisotopic (exact) mass is 256 g/mol. The van der Waals surface area contributed by atoms with Gasteiger partial charge in [-0.05, 0) is 37.5 Å². The van der Waals surface area contributed by atoms with Gasteiger partial charge in [0.15, 0.2) is 0 Å². The van der Waals surface area contributed by atoms with Crippen molar-refractivity contribution in [1.82, 2.24) is 5.32 Å². The first kappa shape index (κ1) is 15.4. The Hall–Kier alpha value is -0.610. The van der Waals surface area contributed by atoms with E-state index in [9.17, 15) is 9.90 Å². The quantitative estimate of drug-likeness (QED) is 0.696. The third kappa shape index (κ3) is 3.69. The summed E-state index contributed by atoms with van der Waals surface area (Å²) in [5.74, 6) is 0.737. The zero-order valence-corrected chi connectivity index (χ0v) is 11.9. The summed E-state index contributed by atoms with van der Waals surface area (Å²) < 4.78 is 0. The van der Waals surface area contributed by atoms with Crippen LogP contribution < -0.4 is 11.1 Å². The third-order valence-electron chi connectivity index (χ3n) is 4.48. The number of carbonyl (C=O) groups excluding carboxylic acids is 1. The van der Waals surface area contributed by atoms with Crippen molar-refractivity contribution in [3.63, 3.8) is 0 Å². The zero-order chi connectivity index (χ0) is 13.8. The van der Waals surface area contributed by atoms with E-state index in [0.29, 0.717) is 5.92 Å². The maximum Gasteiger partial charge on any atom is 0.237 e. The fourth-order valence-corrected chi connectivity index (χ4v) is 2.49. The van der Waals surface area contributed by atoms with Crippen molar-refractivity contribution < 1.29 is 9.90 Å². The predicted molar refractivity (Wildman–Crippen MR) is 73.0 cm³/mol. The highest BCUT2D eigenvalue weighted by atomic mass is 16.3. The highest BCUT2D eigenvalue weighted by Gasteiger charge is 2.36. The predicted octanol–water partition coefficient (Wildman–Crippen LogP) is 1.42. The minimum atomic E-state index is -0.474. The van der Waals surface area contributed by atoms with Crippen LogP contribution in [0, 0.1) is 11.8 Å². The summed E-state index contributed by atoms with van der Waals surface area (Å²) in [7, 11) is 0. The Kier molecular flexibility index (Phi) is 5.60. The normalized spacial score (nSPS) is 31.7. The smallest absolute Gasteiger partial charge is 0.237 e. The van der Waals surface area contributed by atoms with Crippen LogP contribution in [0.15, 0.2) is 0 Å². The molecule has 1 rings (SSSR count). The Bertz CT molecular complexity index is 273. The molecule has 0 aromatic carbocycles. The van der Waals surface area contributed by atoms with Crippen LogP contribution in [0.5, 0.6) is 0 Å². The molecule has 0 aromatic rings. The van der Waals surface area contributed by atoms with E-state index in [1.54, 1.807) is 0 Å². The molecule has 1 aliphatic rings. The molecule has 1 aliphatic carbocycles. The number of rotatable bonds is 5. The highest BCUT2D eigenvalue weighted by molar-refractivity contribution is 5.82. The summed E-state index contributed by atoms with van der Waals surface area (Å²) >= 11 is 0. The maximum absolute atomic E-state index is 12.1. The van der Waals surface area contributed by atoms with Crippen LogP contribution in [0.3, 0.4) is 0 Å². The lowest BCUT2D eigenvalue weighted by molar-refractivity contribution is -0.126. The summed E-state index contributed by atoms with van der Waals surface area (Å²) in [5.41, 5.74) is 5.50. The minimum absolute atomic E-state index is 0.0126. The number of carbonyl (C=O) groups is 1. The van der Waals surface area contributed by atoms with Crippen molar-refractivity contribution >= 4 is 5.91 Å². The molecule has 0 saturated heterocycles. The van der Waals surface area contributed by atoms with Crippen LogP contribution in [0.25, 0.3) is 0 Å². The molecule has 0 bridgehead atoms. The standard InChI is InChI=1S/C14H28N2O2/c1-4-11(3)12(15)13(18)16-14(9-17)7-5-10(2)6-8-14/h10-12,17H,4-9,15H2,1-3H3,(H,16,18). The largest absolute Gasteiger partial charge is 0.394 e. The van der Waals surface area contributed by atoms with Crippen molar-refractivity contribution in [2.45, 2.75) is 64.5 Å². The number of hydrogen-bond acceptors (Lipinski definition) is 3. The van der Waals surface area contributed by atoms with Crippen molar-refractivity contribution in [3.8, 4) is 0 Å². The molecule has 18 heavy (non-hydrogen) atoms. The third-order valence-corrected chi connectivity index (χ3v) is 4.48. The molecule has 106 valence electrons. The number of amides is 1. The van der Waals surface area contributed by atoms with Crippen molar-refractivity contribution in [2.24, 2.45) is 17.6 Å². The molecule has 4 N–H and O–H groups in total. The summed E-state index contributed by atoms with van der Waals surface area (Å²) in [6.07, 6.45) is 4.70. The van der Waals surface area contributed by atoms with Crippen LogP contribution in [0.1, 0.15) is 52.9 Å². The molecule has 2 atom stereocenters. The van der Waals surface area contributed by atoms with Gasteiger partial charge in [0.25, 0.3) is 0 Å². The lowest BCUT2D eigenvalue weighted by Gasteiger charge is -2.39.